The van der Waals surface area contributed by atoms with Crippen molar-refractivity contribution in [2.45, 2.75) is 13.0 Å². The van der Waals surface area contributed by atoms with Crippen molar-refractivity contribution < 1.29 is 14.3 Å². The van der Waals surface area contributed by atoms with E-state index in [0.717, 1.165) is 5.69 Å². The van der Waals surface area contributed by atoms with Crippen molar-refractivity contribution >= 4 is 23.3 Å². The molecule has 6 heteroatoms. The van der Waals surface area contributed by atoms with Crippen LogP contribution in [-0.4, -0.2) is 39.1 Å². The smallest absolute Gasteiger partial charge is 0.328 e. The van der Waals surface area contributed by atoms with Gasteiger partial charge in [0.25, 0.3) is 5.91 Å². The molecule has 0 saturated carbocycles. The number of carbonyl (C=O) groups is 2. The van der Waals surface area contributed by atoms with E-state index < -0.39 is 12.0 Å². The second-order valence-corrected chi connectivity index (χ2v) is 4.39. The average Bonchev–Trinajstić information content (AvgIpc) is 2.36. The molecule has 1 aromatic carbocycles. The van der Waals surface area contributed by atoms with E-state index >= 15 is 0 Å². The Kier molecular flexibility index (Phi) is 4.74. The van der Waals surface area contributed by atoms with E-state index in [1.165, 1.54) is 7.11 Å². The number of carbonyl (C=O) groups excluding carboxylic acids is 2. The highest BCUT2D eigenvalue weighted by Crippen LogP contribution is 2.22. The van der Waals surface area contributed by atoms with Gasteiger partial charge < -0.3 is 20.7 Å². The number of esters is 1. The van der Waals surface area contributed by atoms with Crippen molar-refractivity contribution in [2.75, 3.05) is 31.8 Å². The molecule has 0 saturated heterocycles. The molecule has 0 aliphatic carbocycles. The standard InChI is InChI=1S/C13H19N3O3/c1-8(13(18)19-4)15-12(17)9-5-6-11(16(2)3)10(14)7-9/h5-8H,14H2,1-4H3,(H,15,17). The van der Waals surface area contributed by atoms with E-state index in [9.17, 15) is 9.59 Å². The molecule has 0 fully saturated rings. The molecule has 0 radical (unpaired) electrons. The third kappa shape index (κ3) is 3.61. The fourth-order valence-electron chi connectivity index (χ4n) is 1.62. The summed E-state index contributed by atoms with van der Waals surface area (Å²) >= 11 is 0. The topological polar surface area (TPSA) is 84.7 Å². The van der Waals surface area contributed by atoms with Gasteiger partial charge in [0, 0.05) is 19.7 Å². The van der Waals surface area contributed by atoms with Crippen molar-refractivity contribution in [3.05, 3.63) is 23.8 Å². The average molecular weight is 265 g/mol. The van der Waals surface area contributed by atoms with Crippen LogP contribution in [0.2, 0.25) is 0 Å². The number of amides is 1. The Hall–Kier alpha value is -2.24. The highest BCUT2D eigenvalue weighted by molar-refractivity contribution is 5.98. The maximum atomic E-state index is 11.9. The van der Waals surface area contributed by atoms with Crippen LogP contribution < -0.4 is 16.0 Å². The molecule has 1 rings (SSSR count). The lowest BCUT2D eigenvalue weighted by Gasteiger charge is -2.16. The van der Waals surface area contributed by atoms with Crippen molar-refractivity contribution in [2.24, 2.45) is 0 Å². The van der Waals surface area contributed by atoms with E-state index in [2.05, 4.69) is 10.1 Å². The number of benzene rings is 1. The normalized spacial score (nSPS) is 11.6. The molecule has 0 aliphatic rings. The number of nitrogens with one attached hydrogen (secondary N) is 1. The lowest BCUT2D eigenvalue weighted by Crippen LogP contribution is -2.39. The summed E-state index contributed by atoms with van der Waals surface area (Å²) in [7, 11) is 5.00. The highest BCUT2D eigenvalue weighted by atomic mass is 16.5. The van der Waals surface area contributed by atoms with Gasteiger partial charge in [-0.15, -0.1) is 0 Å². The van der Waals surface area contributed by atoms with Gasteiger partial charge in [0.1, 0.15) is 6.04 Å². The van der Waals surface area contributed by atoms with Crippen LogP contribution in [0.5, 0.6) is 0 Å². The van der Waals surface area contributed by atoms with Gasteiger partial charge in [-0.05, 0) is 25.1 Å². The van der Waals surface area contributed by atoms with Gasteiger partial charge >= 0.3 is 5.97 Å². The highest BCUT2D eigenvalue weighted by Gasteiger charge is 2.17. The van der Waals surface area contributed by atoms with Crippen LogP contribution in [0, 0.1) is 0 Å². The summed E-state index contributed by atoms with van der Waals surface area (Å²) in [4.78, 5) is 25.0. The Morgan fingerprint density at radius 3 is 2.47 bits per heavy atom. The number of hydrogen-bond acceptors (Lipinski definition) is 5. The SMILES string of the molecule is COC(=O)C(C)NC(=O)c1ccc(N(C)C)c(N)c1. The zero-order chi connectivity index (χ0) is 14.6. The summed E-state index contributed by atoms with van der Waals surface area (Å²) in [6, 6.07) is 4.29. The van der Waals surface area contributed by atoms with Crippen LogP contribution in [0.15, 0.2) is 18.2 Å². The minimum Gasteiger partial charge on any atom is -0.467 e. The summed E-state index contributed by atoms with van der Waals surface area (Å²) in [6.45, 7) is 1.56. The molecule has 0 heterocycles. The molecule has 1 atom stereocenters. The summed E-state index contributed by atoms with van der Waals surface area (Å²) in [5, 5.41) is 2.54. The first-order valence-corrected chi connectivity index (χ1v) is 5.82. The lowest BCUT2D eigenvalue weighted by molar-refractivity contribution is -0.142. The van der Waals surface area contributed by atoms with Crippen LogP contribution in [-0.2, 0) is 9.53 Å². The number of nitrogen functional groups attached to an aromatic ring is 1. The predicted molar refractivity (Wildman–Crippen MR) is 74.1 cm³/mol. The fraction of sp³-hybridized carbons (Fsp3) is 0.385. The Morgan fingerprint density at radius 2 is 2.00 bits per heavy atom. The number of methoxy groups -OCH3 is 1. The van der Waals surface area contributed by atoms with Gasteiger partial charge in [-0.1, -0.05) is 0 Å². The van der Waals surface area contributed by atoms with Gasteiger partial charge in [-0.2, -0.15) is 0 Å². The fourth-order valence-corrected chi connectivity index (χ4v) is 1.62. The first kappa shape index (κ1) is 14.8. The van der Waals surface area contributed by atoms with Crippen molar-refractivity contribution in [3.63, 3.8) is 0 Å². The van der Waals surface area contributed by atoms with Crippen molar-refractivity contribution in [1.82, 2.24) is 5.32 Å². The predicted octanol–water partition coefficient (Wildman–Crippen LogP) is 0.626. The molecule has 1 aromatic rings. The van der Waals surface area contributed by atoms with Gasteiger partial charge in [0.15, 0.2) is 0 Å². The largest absolute Gasteiger partial charge is 0.467 e. The molecular weight excluding hydrogens is 246 g/mol. The molecule has 0 aliphatic heterocycles. The Balaban J connectivity index is 2.84. The third-order valence-corrected chi connectivity index (χ3v) is 2.67. The van der Waals surface area contributed by atoms with Crippen molar-refractivity contribution in [3.8, 4) is 0 Å². The maximum Gasteiger partial charge on any atom is 0.328 e. The second-order valence-electron chi connectivity index (χ2n) is 4.39. The number of rotatable bonds is 4. The lowest BCUT2D eigenvalue weighted by atomic mass is 10.1. The maximum absolute atomic E-state index is 11.9. The zero-order valence-corrected chi connectivity index (χ0v) is 11.6. The first-order valence-electron chi connectivity index (χ1n) is 5.82. The quantitative estimate of drug-likeness (QED) is 0.616. The molecular formula is C13H19N3O3. The van der Waals surface area contributed by atoms with E-state index in [1.54, 1.807) is 25.1 Å². The summed E-state index contributed by atoms with van der Waals surface area (Å²) < 4.78 is 4.54. The first-order chi connectivity index (χ1) is 8.86. The Morgan fingerprint density at radius 1 is 1.37 bits per heavy atom. The number of ether oxygens (including phenoxy) is 1. The molecule has 6 nitrogen and oxygen atoms in total. The second kappa shape index (κ2) is 6.08. The van der Waals surface area contributed by atoms with Crippen LogP contribution in [0.4, 0.5) is 11.4 Å². The summed E-state index contributed by atoms with van der Waals surface area (Å²) in [6.07, 6.45) is 0. The minimum absolute atomic E-state index is 0.366. The molecule has 0 spiro atoms. The minimum atomic E-state index is -0.702. The summed E-state index contributed by atoms with van der Waals surface area (Å²) in [5.41, 5.74) is 7.60. The summed E-state index contributed by atoms with van der Waals surface area (Å²) in [5.74, 6) is -0.860. The van der Waals surface area contributed by atoms with Crippen molar-refractivity contribution in [1.29, 1.82) is 0 Å². The van der Waals surface area contributed by atoms with Crippen LogP contribution in [0.1, 0.15) is 17.3 Å². The molecule has 1 amide bonds. The van der Waals surface area contributed by atoms with E-state index in [0.29, 0.717) is 11.3 Å². The monoisotopic (exact) mass is 265 g/mol. The van der Waals surface area contributed by atoms with E-state index in [1.807, 2.05) is 19.0 Å². The number of anilines is 2. The van der Waals surface area contributed by atoms with E-state index in [4.69, 9.17) is 5.73 Å². The number of nitrogens with two attached hydrogens (primary N) is 1. The molecule has 1 unspecified atom stereocenters. The van der Waals surface area contributed by atoms with Crippen LogP contribution in [0.25, 0.3) is 0 Å². The van der Waals surface area contributed by atoms with E-state index in [-0.39, 0.29) is 5.91 Å². The Bertz CT molecular complexity index is 486. The van der Waals surface area contributed by atoms with Gasteiger partial charge in [-0.3, -0.25) is 4.79 Å². The van der Waals surface area contributed by atoms with Crippen LogP contribution >= 0.6 is 0 Å². The third-order valence-electron chi connectivity index (χ3n) is 2.67. The zero-order valence-electron chi connectivity index (χ0n) is 11.6. The van der Waals surface area contributed by atoms with Gasteiger partial charge in [0.05, 0.1) is 18.5 Å². The molecule has 104 valence electrons. The molecule has 19 heavy (non-hydrogen) atoms. The van der Waals surface area contributed by atoms with Gasteiger partial charge in [-0.25, -0.2) is 4.79 Å². The Labute approximate surface area is 112 Å². The molecule has 3 N–H and O–H groups in total. The number of hydrogen-bond donors (Lipinski definition) is 2. The number of nitrogens with zero attached hydrogens (tertiary/aromatic N) is 1. The van der Waals surface area contributed by atoms with Gasteiger partial charge in [0.2, 0.25) is 0 Å². The molecule has 0 aromatic heterocycles. The van der Waals surface area contributed by atoms with Crippen LogP contribution in [0.3, 0.4) is 0 Å². The molecule has 0 bridgehead atoms.